The van der Waals surface area contributed by atoms with Crippen LogP contribution in [0.25, 0.3) is 0 Å². The summed E-state index contributed by atoms with van der Waals surface area (Å²) < 4.78 is 4.85. The van der Waals surface area contributed by atoms with Crippen molar-refractivity contribution < 1.29 is 9.53 Å². The highest BCUT2D eigenvalue weighted by Crippen LogP contribution is 2.05. The van der Waals surface area contributed by atoms with E-state index in [0.717, 1.165) is 12.8 Å². The second kappa shape index (κ2) is 6.20. The van der Waals surface area contributed by atoms with E-state index in [1.54, 1.807) is 0 Å². The number of unbranched alkanes of at least 4 members (excludes halogenated alkanes) is 2. The van der Waals surface area contributed by atoms with Gasteiger partial charge in [0.05, 0.1) is 0 Å². The molecule has 0 heterocycles. The predicted molar refractivity (Wildman–Crippen MR) is 45.1 cm³/mol. The van der Waals surface area contributed by atoms with E-state index in [4.69, 9.17) is 4.74 Å². The molecule has 2 heteroatoms. The lowest BCUT2D eigenvalue weighted by Crippen LogP contribution is -2.11. The Kier molecular flexibility index (Phi) is 5.90. The molecular weight excluding hydrogens is 140 g/mol. The van der Waals surface area contributed by atoms with Crippen molar-refractivity contribution in [3.63, 3.8) is 0 Å². The fourth-order valence-corrected chi connectivity index (χ4v) is 0.916. The molecule has 11 heavy (non-hydrogen) atoms. The molecule has 0 aliphatic heterocycles. The molecule has 0 saturated heterocycles. The molecule has 0 aliphatic rings. The third kappa shape index (κ3) is 7.37. The monoisotopic (exact) mass is 157 g/mol. The maximum absolute atomic E-state index is 10.4. The zero-order chi connectivity index (χ0) is 8.69. The van der Waals surface area contributed by atoms with Gasteiger partial charge in [-0.25, -0.2) is 0 Å². The molecule has 0 aromatic rings. The van der Waals surface area contributed by atoms with Crippen LogP contribution in [0, 0.1) is 6.92 Å². The highest BCUT2D eigenvalue weighted by Gasteiger charge is 2.03. The molecule has 1 atom stereocenters. The van der Waals surface area contributed by atoms with E-state index >= 15 is 0 Å². The van der Waals surface area contributed by atoms with Crippen LogP contribution in [-0.4, -0.2) is 12.1 Å². The first-order valence-corrected chi connectivity index (χ1v) is 4.17. The normalized spacial score (nSPS) is 12.6. The maximum Gasteiger partial charge on any atom is 0.302 e. The van der Waals surface area contributed by atoms with Gasteiger partial charge in [-0.2, -0.15) is 0 Å². The maximum atomic E-state index is 10.4. The largest absolute Gasteiger partial charge is 0.463 e. The van der Waals surface area contributed by atoms with Crippen molar-refractivity contribution in [3.8, 4) is 0 Å². The molecule has 0 bridgehead atoms. The first-order valence-electron chi connectivity index (χ1n) is 4.17. The summed E-state index contributed by atoms with van der Waals surface area (Å²) in [5, 5.41) is 0. The number of ether oxygens (including phenoxy) is 1. The molecule has 65 valence electrons. The average Bonchev–Trinajstić information content (AvgIpc) is 1.86. The lowest BCUT2D eigenvalue weighted by Gasteiger charge is -2.10. The summed E-state index contributed by atoms with van der Waals surface area (Å²) >= 11 is 0. The average molecular weight is 157 g/mol. The van der Waals surface area contributed by atoms with Crippen LogP contribution in [0.2, 0.25) is 0 Å². The summed E-state index contributed by atoms with van der Waals surface area (Å²) in [6.45, 7) is 7.26. The Hall–Kier alpha value is -0.530. The van der Waals surface area contributed by atoms with Crippen molar-refractivity contribution >= 4 is 5.97 Å². The summed E-state index contributed by atoms with van der Waals surface area (Å²) in [6, 6.07) is 0. The molecule has 1 unspecified atom stereocenters. The molecule has 0 N–H and O–H groups in total. The molecule has 2 nitrogen and oxygen atoms in total. The van der Waals surface area contributed by atoms with Gasteiger partial charge in [-0.15, -0.1) is 0 Å². The van der Waals surface area contributed by atoms with Gasteiger partial charge in [0.25, 0.3) is 0 Å². The van der Waals surface area contributed by atoms with E-state index in [2.05, 4.69) is 13.8 Å². The van der Waals surface area contributed by atoms with E-state index in [-0.39, 0.29) is 12.1 Å². The third-order valence-electron chi connectivity index (χ3n) is 1.46. The zero-order valence-corrected chi connectivity index (χ0v) is 7.43. The summed E-state index contributed by atoms with van der Waals surface area (Å²) in [4.78, 5) is 10.4. The topological polar surface area (TPSA) is 26.3 Å². The van der Waals surface area contributed by atoms with Crippen LogP contribution >= 0.6 is 0 Å². The smallest absolute Gasteiger partial charge is 0.302 e. The molecule has 0 spiro atoms. The number of rotatable bonds is 5. The van der Waals surface area contributed by atoms with Crippen LogP contribution in [0.1, 0.15) is 39.5 Å². The summed E-state index contributed by atoms with van der Waals surface area (Å²) in [7, 11) is 0. The van der Waals surface area contributed by atoms with E-state index in [9.17, 15) is 4.79 Å². The van der Waals surface area contributed by atoms with Gasteiger partial charge in [-0.05, 0) is 19.8 Å². The lowest BCUT2D eigenvalue weighted by atomic mass is 10.1. The third-order valence-corrected chi connectivity index (χ3v) is 1.46. The van der Waals surface area contributed by atoms with Crippen LogP contribution in [-0.2, 0) is 9.53 Å². The summed E-state index contributed by atoms with van der Waals surface area (Å²) in [5.41, 5.74) is 0. The highest BCUT2D eigenvalue weighted by molar-refractivity contribution is 5.66. The van der Waals surface area contributed by atoms with E-state index in [1.807, 2.05) is 0 Å². The molecule has 0 aromatic heterocycles. The number of carbonyl (C=O) groups is 1. The molecule has 0 rings (SSSR count). The quantitative estimate of drug-likeness (QED) is 0.452. The number of hydrogen-bond donors (Lipinski definition) is 0. The highest BCUT2D eigenvalue weighted by atomic mass is 16.5. The number of hydrogen-bond acceptors (Lipinski definition) is 2. The van der Waals surface area contributed by atoms with Gasteiger partial charge in [0.15, 0.2) is 0 Å². The molecule has 0 fully saturated rings. The number of esters is 1. The van der Waals surface area contributed by atoms with Crippen molar-refractivity contribution in [2.24, 2.45) is 0 Å². The lowest BCUT2D eigenvalue weighted by molar-refractivity contribution is -0.144. The molecular formula is C9H17O2. The second-order valence-corrected chi connectivity index (χ2v) is 2.73. The summed E-state index contributed by atoms with van der Waals surface area (Å²) in [5.74, 6) is -0.235. The van der Waals surface area contributed by atoms with E-state index in [0.29, 0.717) is 0 Å². The van der Waals surface area contributed by atoms with Gasteiger partial charge in [-0.1, -0.05) is 19.8 Å². The Bertz CT molecular complexity index is 110. The predicted octanol–water partition coefficient (Wildman–Crippen LogP) is 2.33. The minimum Gasteiger partial charge on any atom is -0.463 e. The van der Waals surface area contributed by atoms with Crippen LogP contribution in [0.3, 0.4) is 0 Å². The SMILES string of the molecule is [CH2]C(CCCCC)OC(C)=O. The van der Waals surface area contributed by atoms with Gasteiger partial charge in [-0.3, -0.25) is 4.79 Å². The van der Waals surface area contributed by atoms with Crippen molar-refractivity contribution in [1.29, 1.82) is 0 Å². The fourth-order valence-electron chi connectivity index (χ4n) is 0.916. The minimum absolute atomic E-state index is 0.154. The first kappa shape index (κ1) is 10.5. The fraction of sp³-hybridized carbons (Fsp3) is 0.778. The Morgan fingerprint density at radius 3 is 2.64 bits per heavy atom. The minimum atomic E-state index is -0.235. The molecule has 0 aromatic carbocycles. The van der Waals surface area contributed by atoms with E-state index in [1.165, 1.54) is 19.8 Å². The molecule has 0 saturated carbocycles. The van der Waals surface area contributed by atoms with Gasteiger partial charge in [0, 0.05) is 6.92 Å². The standard InChI is InChI=1S/C9H17O2/c1-4-5-6-7-8(2)11-9(3)10/h8H,2,4-7H2,1,3H3. The zero-order valence-electron chi connectivity index (χ0n) is 7.43. The van der Waals surface area contributed by atoms with Gasteiger partial charge in [0.1, 0.15) is 6.10 Å². The molecule has 0 amide bonds. The van der Waals surface area contributed by atoms with Crippen molar-refractivity contribution in [2.75, 3.05) is 0 Å². The molecule has 1 radical (unpaired) electrons. The summed E-state index contributed by atoms with van der Waals surface area (Å²) in [6.07, 6.45) is 4.20. The second-order valence-electron chi connectivity index (χ2n) is 2.73. The molecule has 0 aliphatic carbocycles. The van der Waals surface area contributed by atoms with E-state index < -0.39 is 0 Å². The van der Waals surface area contributed by atoms with Crippen LogP contribution in [0.4, 0.5) is 0 Å². The van der Waals surface area contributed by atoms with Gasteiger partial charge < -0.3 is 4.74 Å². The van der Waals surface area contributed by atoms with Gasteiger partial charge >= 0.3 is 5.97 Å². The Labute approximate surface area is 68.9 Å². The van der Waals surface area contributed by atoms with Crippen molar-refractivity contribution in [3.05, 3.63) is 6.92 Å². The van der Waals surface area contributed by atoms with Crippen molar-refractivity contribution in [1.82, 2.24) is 0 Å². The van der Waals surface area contributed by atoms with Gasteiger partial charge in [0.2, 0.25) is 0 Å². The Balaban J connectivity index is 3.22. The van der Waals surface area contributed by atoms with Crippen LogP contribution < -0.4 is 0 Å². The number of carbonyl (C=O) groups excluding carboxylic acids is 1. The Morgan fingerprint density at radius 2 is 2.18 bits per heavy atom. The Morgan fingerprint density at radius 1 is 1.55 bits per heavy atom. The first-order chi connectivity index (χ1) is 5.16. The van der Waals surface area contributed by atoms with Crippen LogP contribution in [0.5, 0.6) is 0 Å². The van der Waals surface area contributed by atoms with Crippen molar-refractivity contribution in [2.45, 2.75) is 45.6 Å². The van der Waals surface area contributed by atoms with Crippen LogP contribution in [0.15, 0.2) is 0 Å².